The predicted molar refractivity (Wildman–Crippen MR) is 74.3 cm³/mol. The van der Waals surface area contributed by atoms with Gasteiger partial charge in [0.05, 0.1) is 0 Å². The van der Waals surface area contributed by atoms with Crippen molar-refractivity contribution in [3.63, 3.8) is 0 Å². The lowest BCUT2D eigenvalue weighted by Crippen LogP contribution is -2.63. The van der Waals surface area contributed by atoms with Crippen LogP contribution in [0.3, 0.4) is 0 Å². The van der Waals surface area contributed by atoms with Crippen molar-refractivity contribution < 1.29 is 0 Å². The standard InChI is InChI=1S/C15H30N2/c1-5-15(4)12-17(11-10-16-15)13-8-6-7-9-14(13,2)3/h13,16H,5-12H2,1-4H3. The fraction of sp³-hybridized carbons (Fsp3) is 1.00. The van der Waals surface area contributed by atoms with E-state index in [4.69, 9.17) is 0 Å². The van der Waals surface area contributed by atoms with Crippen LogP contribution in [0.2, 0.25) is 0 Å². The third kappa shape index (κ3) is 2.85. The van der Waals surface area contributed by atoms with E-state index in [0.717, 1.165) is 12.6 Å². The van der Waals surface area contributed by atoms with Crippen molar-refractivity contribution in [2.75, 3.05) is 19.6 Å². The molecule has 0 bridgehead atoms. The molecule has 0 radical (unpaired) electrons. The van der Waals surface area contributed by atoms with E-state index >= 15 is 0 Å². The van der Waals surface area contributed by atoms with Crippen molar-refractivity contribution in [1.82, 2.24) is 10.2 Å². The fourth-order valence-corrected chi connectivity index (χ4v) is 3.74. The number of rotatable bonds is 2. The molecule has 100 valence electrons. The number of hydrogen-bond donors (Lipinski definition) is 1. The molecule has 2 aliphatic rings. The molecule has 0 aromatic carbocycles. The van der Waals surface area contributed by atoms with E-state index in [1.165, 1.54) is 45.2 Å². The first kappa shape index (κ1) is 13.4. The molecular weight excluding hydrogens is 208 g/mol. The fourth-order valence-electron chi connectivity index (χ4n) is 3.74. The molecule has 2 rings (SSSR count). The van der Waals surface area contributed by atoms with Gasteiger partial charge in [0.15, 0.2) is 0 Å². The maximum Gasteiger partial charge on any atom is 0.0278 e. The van der Waals surface area contributed by atoms with Crippen LogP contribution in [0.15, 0.2) is 0 Å². The van der Waals surface area contributed by atoms with Crippen LogP contribution in [-0.2, 0) is 0 Å². The van der Waals surface area contributed by atoms with Gasteiger partial charge in [-0.05, 0) is 31.6 Å². The van der Waals surface area contributed by atoms with Crippen LogP contribution in [0.1, 0.15) is 59.8 Å². The van der Waals surface area contributed by atoms with Crippen LogP contribution >= 0.6 is 0 Å². The molecule has 0 spiro atoms. The van der Waals surface area contributed by atoms with E-state index in [0.29, 0.717) is 11.0 Å². The van der Waals surface area contributed by atoms with E-state index in [-0.39, 0.29) is 0 Å². The van der Waals surface area contributed by atoms with Gasteiger partial charge in [0, 0.05) is 31.2 Å². The molecule has 1 aliphatic heterocycles. The Kier molecular flexibility index (Phi) is 3.84. The van der Waals surface area contributed by atoms with Gasteiger partial charge in [-0.1, -0.05) is 33.6 Å². The van der Waals surface area contributed by atoms with Crippen molar-refractivity contribution in [3.8, 4) is 0 Å². The van der Waals surface area contributed by atoms with E-state index in [2.05, 4.69) is 37.9 Å². The summed E-state index contributed by atoms with van der Waals surface area (Å²) in [5, 5.41) is 3.70. The van der Waals surface area contributed by atoms with Gasteiger partial charge in [-0.3, -0.25) is 4.90 Å². The maximum absolute atomic E-state index is 3.70. The van der Waals surface area contributed by atoms with E-state index < -0.39 is 0 Å². The summed E-state index contributed by atoms with van der Waals surface area (Å²) >= 11 is 0. The Morgan fingerprint density at radius 3 is 2.65 bits per heavy atom. The van der Waals surface area contributed by atoms with Crippen LogP contribution in [0.4, 0.5) is 0 Å². The zero-order chi connectivity index (χ0) is 12.5. The minimum absolute atomic E-state index is 0.339. The Morgan fingerprint density at radius 2 is 2.00 bits per heavy atom. The molecule has 0 aromatic rings. The molecule has 1 saturated heterocycles. The second kappa shape index (κ2) is 4.89. The summed E-state index contributed by atoms with van der Waals surface area (Å²) < 4.78 is 0. The first-order chi connectivity index (χ1) is 7.97. The van der Waals surface area contributed by atoms with E-state index in [1.54, 1.807) is 0 Å². The molecular formula is C15H30N2. The average Bonchev–Trinajstić information content (AvgIpc) is 2.28. The Bertz CT molecular complexity index is 262. The summed E-state index contributed by atoms with van der Waals surface area (Å²) in [6, 6.07) is 0.809. The van der Waals surface area contributed by atoms with E-state index in [9.17, 15) is 0 Å². The van der Waals surface area contributed by atoms with Crippen molar-refractivity contribution in [3.05, 3.63) is 0 Å². The Morgan fingerprint density at radius 1 is 1.24 bits per heavy atom. The largest absolute Gasteiger partial charge is 0.309 e. The normalized spacial score (nSPS) is 39.2. The van der Waals surface area contributed by atoms with Crippen molar-refractivity contribution in [2.24, 2.45) is 5.41 Å². The monoisotopic (exact) mass is 238 g/mol. The molecule has 1 N–H and O–H groups in total. The van der Waals surface area contributed by atoms with Gasteiger partial charge in [0.1, 0.15) is 0 Å². The lowest BCUT2D eigenvalue weighted by molar-refractivity contribution is 0.0109. The second-order valence-corrected chi connectivity index (χ2v) is 7.06. The van der Waals surface area contributed by atoms with Crippen LogP contribution in [0.25, 0.3) is 0 Å². The molecule has 2 atom stereocenters. The highest BCUT2D eigenvalue weighted by atomic mass is 15.2. The van der Waals surface area contributed by atoms with Gasteiger partial charge >= 0.3 is 0 Å². The summed E-state index contributed by atoms with van der Waals surface area (Å²) in [6.07, 6.45) is 6.91. The minimum atomic E-state index is 0.339. The van der Waals surface area contributed by atoms with E-state index in [1.807, 2.05) is 0 Å². The quantitative estimate of drug-likeness (QED) is 0.795. The molecule has 0 aromatic heterocycles. The molecule has 2 nitrogen and oxygen atoms in total. The Hall–Kier alpha value is -0.0800. The molecule has 1 aliphatic carbocycles. The van der Waals surface area contributed by atoms with Gasteiger partial charge in [0.25, 0.3) is 0 Å². The van der Waals surface area contributed by atoms with Crippen LogP contribution in [-0.4, -0.2) is 36.1 Å². The predicted octanol–water partition coefficient (Wildman–Crippen LogP) is 3.03. The van der Waals surface area contributed by atoms with Gasteiger partial charge < -0.3 is 5.32 Å². The Balaban J connectivity index is 2.05. The summed E-state index contributed by atoms with van der Waals surface area (Å²) in [7, 11) is 0. The second-order valence-electron chi connectivity index (χ2n) is 7.06. The molecule has 2 heteroatoms. The third-order valence-electron chi connectivity index (χ3n) is 5.17. The lowest BCUT2D eigenvalue weighted by Gasteiger charge is -2.51. The van der Waals surface area contributed by atoms with Gasteiger partial charge in [-0.25, -0.2) is 0 Å². The number of nitrogens with zero attached hydrogens (tertiary/aromatic N) is 1. The average molecular weight is 238 g/mol. The maximum atomic E-state index is 3.70. The van der Waals surface area contributed by atoms with Crippen molar-refractivity contribution in [1.29, 1.82) is 0 Å². The van der Waals surface area contributed by atoms with Crippen molar-refractivity contribution in [2.45, 2.75) is 71.4 Å². The number of hydrogen-bond acceptors (Lipinski definition) is 2. The van der Waals surface area contributed by atoms with Crippen molar-refractivity contribution >= 4 is 0 Å². The topological polar surface area (TPSA) is 15.3 Å². The highest BCUT2D eigenvalue weighted by Gasteiger charge is 2.40. The molecule has 1 heterocycles. The molecule has 17 heavy (non-hydrogen) atoms. The zero-order valence-corrected chi connectivity index (χ0v) is 12.2. The molecule has 0 amide bonds. The summed E-state index contributed by atoms with van der Waals surface area (Å²) in [6.45, 7) is 13.3. The minimum Gasteiger partial charge on any atom is -0.309 e. The van der Waals surface area contributed by atoms with Gasteiger partial charge in [-0.2, -0.15) is 0 Å². The van der Waals surface area contributed by atoms with Gasteiger partial charge in [-0.15, -0.1) is 0 Å². The molecule has 2 fully saturated rings. The first-order valence-corrected chi connectivity index (χ1v) is 7.46. The smallest absolute Gasteiger partial charge is 0.0278 e. The Labute approximate surface area is 107 Å². The SMILES string of the molecule is CCC1(C)CN(C2CCCCC2(C)C)CCN1. The van der Waals surface area contributed by atoms with Gasteiger partial charge in [0.2, 0.25) is 0 Å². The lowest BCUT2D eigenvalue weighted by atomic mass is 9.72. The highest BCUT2D eigenvalue weighted by Crippen LogP contribution is 2.39. The van der Waals surface area contributed by atoms with Crippen LogP contribution in [0, 0.1) is 5.41 Å². The summed E-state index contributed by atoms with van der Waals surface area (Å²) in [4.78, 5) is 2.78. The summed E-state index contributed by atoms with van der Waals surface area (Å²) in [5.41, 5.74) is 0.857. The van der Waals surface area contributed by atoms with Crippen LogP contribution in [0.5, 0.6) is 0 Å². The van der Waals surface area contributed by atoms with Crippen LogP contribution < -0.4 is 5.32 Å². The number of nitrogens with one attached hydrogen (secondary N) is 1. The third-order valence-corrected chi connectivity index (χ3v) is 5.17. The highest BCUT2D eigenvalue weighted by molar-refractivity contribution is 4.97. The molecule has 1 saturated carbocycles. The zero-order valence-electron chi connectivity index (χ0n) is 12.2. The number of piperazine rings is 1. The molecule has 2 unspecified atom stereocenters. The summed E-state index contributed by atoms with van der Waals surface area (Å²) in [5.74, 6) is 0. The first-order valence-electron chi connectivity index (χ1n) is 7.46.